The van der Waals surface area contributed by atoms with Crippen molar-refractivity contribution in [2.24, 2.45) is 0 Å². The molecule has 1 heterocycles. The summed E-state index contributed by atoms with van der Waals surface area (Å²) >= 11 is 0. The van der Waals surface area contributed by atoms with Crippen molar-refractivity contribution >= 4 is 22.2 Å². The lowest BCUT2D eigenvalue weighted by Gasteiger charge is -2.17. The van der Waals surface area contributed by atoms with E-state index < -0.39 is 10.2 Å². The van der Waals surface area contributed by atoms with Gasteiger partial charge in [0, 0.05) is 25.0 Å². The Morgan fingerprint density at radius 2 is 1.60 bits per heavy atom. The van der Waals surface area contributed by atoms with Crippen LogP contribution in [0.15, 0.2) is 36.4 Å². The maximum Gasteiger partial charge on any atom is 0.210 e. The predicted octanol–water partition coefficient (Wildman–Crippen LogP) is 0.280. The summed E-state index contributed by atoms with van der Waals surface area (Å²) in [5.74, 6) is 0. The Morgan fingerprint density at radius 3 is 2.20 bits per heavy atom. The van der Waals surface area contributed by atoms with Crippen molar-refractivity contribution in [2.45, 2.75) is 46.0 Å². The fraction of sp³-hybridized carbons (Fsp3) is 0.421. The zero-order valence-corrected chi connectivity index (χ0v) is 15.8. The zero-order chi connectivity index (χ0) is 18.8. The first-order valence-electron chi connectivity index (χ1n) is 8.33. The number of fused-ring (bicyclic) bond motifs is 3. The lowest BCUT2D eigenvalue weighted by Crippen LogP contribution is -2.68. The van der Waals surface area contributed by atoms with Gasteiger partial charge in [0.05, 0.1) is 5.41 Å². The van der Waals surface area contributed by atoms with E-state index in [0.717, 1.165) is 6.54 Å². The number of hydrogen-bond donors (Lipinski definition) is 0. The third-order valence-corrected chi connectivity index (χ3v) is 4.87. The number of hydrogen-bond acceptors (Lipinski definition) is 4. The average Bonchev–Trinajstić information content (AvgIpc) is 2.71. The molecule has 25 heavy (non-hydrogen) atoms. The van der Waals surface area contributed by atoms with Gasteiger partial charge in [-0.1, -0.05) is 37.6 Å². The van der Waals surface area contributed by atoms with Crippen molar-refractivity contribution in [1.82, 2.24) is 0 Å². The van der Waals surface area contributed by atoms with Gasteiger partial charge in [0.25, 0.3) is 0 Å². The van der Waals surface area contributed by atoms with Crippen molar-refractivity contribution in [3.05, 3.63) is 42.0 Å². The highest BCUT2D eigenvalue weighted by Gasteiger charge is 2.43. The van der Waals surface area contributed by atoms with Gasteiger partial charge in [-0.15, -0.1) is 10.2 Å². The van der Waals surface area contributed by atoms with Gasteiger partial charge in [-0.25, -0.2) is 18.6 Å². The zero-order valence-electron chi connectivity index (χ0n) is 15.0. The van der Waals surface area contributed by atoms with Crippen LogP contribution in [0.3, 0.4) is 0 Å². The van der Waals surface area contributed by atoms with E-state index in [1.54, 1.807) is 0 Å². The lowest BCUT2D eigenvalue weighted by atomic mass is 9.80. The molecule has 5 nitrogen and oxygen atoms in total. The predicted molar refractivity (Wildman–Crippen MR) is 87.4 cm³/mol. The van der Waals surface area contributed by atoms with Gasteiger partial charge < -0.3 is 0 Å². The number of unbranched alkanes of at least 4 members (excludes halogenated alkanes) is 1. The normalized spacial score (nSPS) is 15.8. The molecule has 1 aliphatic rings. The second-order valence-corrected chi connectivity index (χ2v) is 7.53. The van der Waals surface area contributed by atoms with Gasteiger partial charge >= 0.3 is 0 Å². The van der Waals surface area contributed by atoms with Crippen LogP contribution in [0.2, 0.25) is 0 Å². The standard InChI is InChI=1S/C19H24N.ClHO4/c1-5-6-13-20-14(2)19(3,4)18-16-10-8-7-9-15(16)11-12-17(18)20;2-1(3,4)5/h7-12H,5-6,13H2,1-4H3;(H,2,3,4,5)/q+1;/p-1. The first-order chi connectivity index (χ1) is 11.6. The number of halogens is 1. The molecule has 0 aromatic heterocycles. The minimum Gasteiger partial charge on any atom is -0.222 e. The maximum atomic E-state index is 8.49. The van der Waals surface area contributed by atoms with Gasteiger partial charge in [0.15, 0.2) is 5.71 Å². The molecule has 136 valence electrons. The molecule has 0 radical (unpaired) electrons. The molecule has 0 fully saturated rings. The van der Waals surface area contributed by atoms with Crippen LogP contribution in [0.1, 0.15) is 46.1 Å². The summed E-state index contributed by atoms with van der Waals surface area (Å²) < 4.78 is 36.5. The molecule has 3 rings (SSSR count). The molecule has 0 unspecified atom stereocenters. The van der Waals surface area contributed by atoms with Crippen molar-refractivity contribution < 1.29 is 33.5 Å². The molecule has 0 aliphatic carbocycles. The number of rotatable bonds is 3. The first-order valence-corrected chi connectivity index (χ1v) is 9.56. The van der Waals surface area contributed by atoms with Gasteiger partial charge in [-0.05, 0) is 30.7 Å². The van der Waals surface area contributed by atoms with Gasteiger partial charge in [0.2, 0.25) is 5.69 Å². The van der Waals surface area contributed by atoms with Crippen LogP contribution in [0, 0.1) is 10.2 Å². The minimum absolute atomic E-state index is 0.129. The van der Waals surface area contributed by atoms with E-state index in [9.17, 15) is 0 Å². The molecule has 6 heteroatoms. The second kappa shape index (κ2) is 7.40. The number of nitrogens with zero attached hydrogens (tertiary/aromatic N) is 1. The molecule has 0 atom stereocenters. The Bertz CT molecular complexity index is 788. The van der Waals surface area contributed by atoms with Gasteiger partial charge in [-0.3, -0.25) is 0 Å². The highest BCUT2D eigenvalue weighted by molar-refractivity contribution is 6.01. The summed E-state index contributed by atoms with van der Waals surface area (Å²) in [7, 11) is -4.94. The van der Waals surface area contributed by atoms with Gasteiger partial charge in [-0.2, -0.15) is 4.58 Å². The molecule has 0 saturated carbocycles. The molecule has 0 saturated heterocycles. The highest BCUT2D eigenvalue weighted by atomic mass is 35.7. The van der Waals surface area contributed by atoms with Crippen LogP contribution < -0.4 is 18.6 Å². The maximum absolute atomic E-state index is 8.49. The average molecular weight is 366 g/mol. The topological polar surface area (TPSA) is 95.2 Å². The Morgan fingerprint density at radius 1 is 1.00 bits per heavy atom. The van der Waals surface area contributed by atoms with E-state index in [4.69, 9.17) is 18.6 Å². The third kappa shape index (κ3) is 4.37. The molecule has 2 aromatic rings. The van der Waals surface area contributed by atoms with Crippen LogP contribution >= 0.6 is 0 Å². The Labute approximate surface area is 150 Å². The molecule has 0 spiro atoms. The van der Waals surface area contributed by atoms with Crippen LogP contribution in [-0.2, 0) is 5.41 Å². The Balaban J connectivity index is 0.000000399. The smallest absolute Gasteiger partial charge is 0.210 e. The van der Waals surface area contributed by atoms with Crippen LogP contribution in [0.4, 0.5) is 5.69 Å². The quantitative estimate of drug-likeness (QED) is 0.730. The van der Waals surface area contributed by atoms with Crippen LogP contribution in [0.5, 0.6) is 0 Å². The van der Waals surface area contributed by atoms with E-state index in [0.29, 0.717) is 0 Å². The Kier molecular flexibility index (Phi) is 5.86. The molecule has 0 N–H and O–H groups in total. The largest absolute Gasteiger partial charge is 0.222 e. The summed E-state index contributed by atoms with van der Waals surface area (Å²) in [6.45, 7) is 10.4. The van der Waals surface area contributed by atoms with E-state index in [1.165, 1.54) is 40.6 Å². The molecule has 2 aromatic carbocycles. The van der Waals surface area contributed by atoms with E-state index in [2.05, 4.69) is 68.7 Å². The summed E-state index contributed by atoms with van der Waals surface area (Å²) in [4.78, 5) is 0. The fourth-order valence-corrected chi connectivity index (χ4v) is 3.45. The Hall–Kier alpha value is -1.50. The van der Waals surface area contributed by atoms with E-state index in [1.807, 2.05) is 0 Å². The van der Waals surface area contributed by atoms with Gasteiger partial charge in [0.1, 0.15) is 6.54 Å². The molecular weight excluding hydrogens is 342 g/mol. The van der Waals surface area contributed by atoms with Crippen LogP contribution in [-0.4, -0.2) is 16.8 Å². The minimum atomic E-state index is -4.94. The highest BCUT2D eigenvalue weighted by Crippen LogP contribution is 2.43. The summed E-state index contributed by atoms with van der Waals surface area (Å²) in [5.41, 5.74) is 4.53. The first kappa shape index (κ1) is 19.8. The monoisotopic (exact) mass is 365 g/mol. The summed E-state index contributed by atoms with van der Waals surface area (Å²) in [6.07, 6.45) is 2.49. The van der Waals surface area contributed by atoms with E-state index >= 15 is 0 Å². The van der Waals surface area contributed by atoms with E-state index in [-0.39, 0.29) is 5.41 Å². The molecule has 0 amide bonds. The SMILES string of the molecule is CCCC[N+]1=C(C)C(C)(C)c2c1ccc1ccccc21.[O-][Cl+3]([O-])([O-])[O-]. The van der Waals surface area contributed by atoms with Crippen molar-refractivity contribution in [3.8, 4) is 0 Å². The third-order valence-electron chi connectivity index (χ3n) is 4.87. The second-order valence-electron chi connectivity index (χ2n) is 6.77. The number of benzene rings is 2. The molecule has 1 aliphatic heterocycles. The lowest BCUT2D eigenvalue weighted by molar-refractivity contribution is -2.00. The molecule has 0 bridgehead atoms. The van der Waals surface area contributed by atoms with Crippen molar-refractivity contribution in [2.75, 3.05) is 6.54 Å². The molecular formula is C19H24ClNO4. The van der Waals surface area contributed by atoms with Crippen molar-refractivity contribution in [1.29, 1.82) is 0 Å². The van der Waals surface area contributed by atoms with Crippen LogP contribution in [0.25, 0.3) is 10.8 Å². The summed E-state index contributed by atoms with van der Waals surface area (Å²) in [5, 5.41) is 2.76. The summed E-state index contributed by atoms with van der Waals surface area (Å²) in [6, 6.07) is 13.3. The van der Waals surface area contributed by atoms with Crippen molar-refractivity contribution in [3.63, 3.8) is 0 Å². The fourth-order valence-electron chi connectivity index (χ4n) is 3.45.